The number of aromatic nitrogens is 4. The SMILES string of the molecule is CCc1sc2nc(SCC(=O)c3c(N)n(C)c(=O)n(C)c3=O)n(Cc3ccc(C)cc3)c(=O)c2c1C. The zero-order valence-corrected chi connectivity index (χ0v) is 22.4. The Morgan fingerprint density at radius 3 is 2.36 bits per heavy atom. The van der Waals surface area contributed by atoms with Crippen LogP contribution in [0.4, 0.5) is 5.82 Å². The quantitative estimate of drug-likeness (QED) is 0.224. The first kappa shape index (κ1) is 25.6. The lowest BCUT2D eigenvalue weighted by atomic mass is 10.1. The standard InChI is InChI=1S/C25H27N5O4S2/c1-6-17-14(3)18-21(36-17)27-24(30(23(18)33)11-15-9-7-13(2)8-10-15)35-12-16(31)19-20(26)28(4)25(34)29(5)22(19)32/h7-10H,6,11-12,26H2,1-5H3. The Morgan fingerprint density at radius 2 is 1.72 bits per heavy atom. The van der Waals surface area contributed by atoms with Crippen molar-refractivity contribution < 1.29 is 4.79 Å². The van der Waals surface area contributed by atoms with Crippen molar-refractivity contribution in [1.82, 2.24) is 18.7 Å². The summed E-state index contributed by atoms with van der Waals surface area (Å²) >= 11 is 2.55. The monoisotopic (exact) mass is 525 g/mol. The number of rotatable bonds is 7. The smallest absolute Gasteiger partial charge is 0.332 e. The molecule has 0 spiro atoms. The highest BCUT2D eigenvalue weighted by atomic mass is 32.2. The molecule has 3 heterocycles. The average molecular weight is 526 g/mol. The van der Waals surface area contributed by atoms with Gasteiger partial charge in [-0.2, -0.15) is 0 Å². The first-order valence-corrected chi connectivity index (χ1v) is 13.1. The molecule has 11 heteroatoms. The van der Waals surface area contributed by atoms with Crippen molar-refractivity contribution >= 4 is 44.9 Å². The molecule has 9 nitrogen and oxygen atoms in total. The van der Waals surface area contributed by atoms with Gasteiger partial charge in [-0.1, -0.05) is 48.5 Å². The maximum atomic E-state index is 13.6. The largest absolute Gasteiger partial charge is 0.384 e. The van der Waals surface area contributed by atoms with Gasteiger partial charge >= 0.3 is 5.69 Å². The Morgan fingerprint density at radius 1 is 1.06 bits per heavy atom. The number of thiophene rings is 1. The van der Waals surface area contributed by atoms with Gasteiger partial charge in [0.05, 0.1) is 17.7 Å². The minimum atomic E-state index is -0.747. The van der Waals surface area contributed by atoms with E-state index in [9.17, 15) is 19.2 Å². The fourth-order valence-corrected chi connectivity index (χ4v) is 6.06. The van der Waals surface area contributed by atoms with Crippen molar-refractivity contribution in [2.45, 2.75) is 38.9 Å². The van der Waals surface area contributed by atoms with Crippen LogP contribution in [0.15, 0.2) is 43.8 Å². The molecule has 0 saturated carbocycles. The van der Waals surface area contributed by atoms with Gasteiger partial charge < -0.3 is 5.73 Å². The number of benzene rings is 1. The second-order valence-corrected chi connectivity index (χ2v) is 10.7. The summed E-state index contributed by atoms with van der Waals surface area (Å²) < 4.78 is 3.50. The van der Waals surface area contributed by atoms with Crippen LogP contribution in [0.25, 0.3) is 10.2 Å². The molecule has 0 atom stereocenters. The molecule has 0 aliphatic rings. The number of thioether (sulfide) groups is 1. The molecule has 0 saturated heterocycles. The summed E-state index contributed by atoms with van der Waals surface area (Å²) in [5.41, 5.74) is 7.15. The molecule has 4 aromatic rings. The first-order chi connectivity index (χ1) is 17.0. The number of fused-ring (bicyclic) bond motifs is 1. The van der Waals surface area contributed by atoms with Crippen LogP contribution in [0.5, 0.6) is 0 Å². The Balaban J connectivity index is 1.78. The van der Waals surface area contributed by atoms with Crippen LogP contribution >= 0.6 is 23.1 Å². The number of carbonyl (C=O) groups is 1. The van der Waals surface area contributed by atoms with E-state index >= 15 is 0 Å². The highest BCUT2D eigenvalue weighted by Gasteiger charge is 2.23. The highest BCUT2D eigenvalue weighted by molar-refractivity contribution is 7.99. The van der Waals surface area contributed by atoms with Crippen LogP contribution in [0.2, 0.25) is 0 Å². The second kappa shape index (κ2) is 9.90. The van der Waals surface area contributed by atoms with Gasteiger partial charge in [0, 0.05) is 19.0 Å². The van der Waals surface area contributed by atoms with Crippen molar-refractivity contribution in [3.63, 3.8) is 0 Å². The van der Waals surface area contributed by atoms with Gasteiger partial charge in [-0.25, -0.2) is 9.78 Å². The number of aryl methyl sites for hydroxylation is 3. The molecule has 0 aliphatic heterocycles. The maximum absolute atomic E-state index is 13.6. The number of nitrogens with zero attached hydrogens (tertiary/aromatic N) is 4. The summed E-state index contributed by atoms with van der Waals surface area (Å²) in [5.74, 6) is -0.897. The van der Waals surface area contributed by atoms with Crippen LogP contribution in [0, 0.1) is 13.8 Å². The molecule has 2 N–H and O–H groups in total. The predicted molar refractivity (Wildman–Crippen MR) is 145 cm³/mol. The fraction of sp³-hybridized carbons (Fsp3) is 0.320. The van der Waals surface area contributed by atoms with Crippen LogP contribution < -0.4 is 22.5 Å². The zero-order valence-electron chi connectivity index (χ0n) is 20.7. The number of hydrogen-bond acceptors (Lipinski definition) is 8. The lowest BCUT2D eigenvalue weighted by Crippen LogP contribution is -2.41. The van der Waals surface area contributed by atoms with E-state index in [0.29, 0.717) is 21.9 Å². The first-order valence-electron chi connectivity index (χ1n) is 11.3. The minimum Gasteiger partial charge on any atom is -0.384 e. The number of carbonyl (C=O) groups excluding carboxylic acids is 1. The van der Waals surface area contributed by atoms with Crippen molar-refractivity contribution in [3.05, 3.63) is 82.6 Å². The van der Waals surface area contributed by atoms with Gasteiger partial charge in [0.2, 0.25) is 0 Å². The van der Waals surface area contributed by atoms with Crippen LogP contribution in [0.1, 0.15) is 38.8 Å². The van der Waals surface area contributed by atoms with E-state index in [0.717, 1.165) is 48.9 Å². The number of ketones is 1. The number of hydrogen-bond donors (Lipinski definition) is 1. The van der Waals surface area contributed by atoms with E-state index in [2.05, 4.69) is 0 Å². The molecular formula is C25H27N5O4S2. The van der Waals surface area contributed by atoms with Gasteiger partial charge in [-0.15, -0.1) is 11.3 Å². The third-order valence-corrected chi connectivity index (χ3v) is 8.52. The third kappa shape index (κ3) is 4.44. The molecule has 36 heavy (non-hydrogen) atoms. The van der Waals surface area contributed by atoms with Gasteiger partial charge in [0.15, 0.2) is 10.9 Å². The van der Waals surface area contributed by atoms with E-state index < -0.39 is 17.0 Å². The number of nitrogen functional groups attached to an aromatic ring is 1. The Bertz CT molecular complexity index is 1680. The molecular weight excluding hydrogens is 498 g/mol. The van der Waals surface area contributed by atoms with Crippen LogP contribution in [-0.4, -0.2) is 30.2 Å². The van der Waals surface area contributed by atoms with E-state index in [1.807, 2.05) is 45.0 Å². The summed E-state index contributed by atoms with van der Waals surface area (Å²) in [6.07, 6.45) is 0.792. The number of anilines is 1. The number of Topliss-reactive ketones (excluding diaryl/α,β-unsaturated/α-hetero) is 1. The average Bonchev–Trinajstić information content (AvgIpc) is 3.18. The molecule has 0 bridgehead atoms. The van der Waals surface area contributed by atoms with E-state index in [4.69, 9.17) is 10.7 Å². The van der Waals surface area contributed by atoms with Crippen molar-refractivity contribution in [1.29, 1.82) is 0 Å². The van der Waals surface area contributed by atoms with Crippen LogP contribution in [-0.2, 0) is 27.1 Å². The fourth-order valence-electron chi connectivity index (χ4n) is 4.03. The minimum absolute atomic E-state index is 0.165. The predicted octanol–water partition coefficient (Wildman–Crippen LogP) is 2.64. The summed E-state index contributed by atoms with van der Waals surface area (Å²) in [4.78, 5) is 57.9. The molecule has 3 aromatic heterocycles. The Labute approximate surface area is 215 Å². The normalized spacial score (nSPS) is 11.4. The third-order valence-electron chi connectivity index (χ3n) is 6.22. The molecule has 0 aliphatic carbocycles. The van der Waals surface area contributed by atoms with E-state index in [-0.39, 0.29) is 22.7 Å². The Kier molecular flexibility index (Phi) is 7.05. The molecule has 1 aromatic carbocycles. The lowest BCUT2D eigenvalue weighted by molar-refractivity contribution is 0.102. The van der Waals surface area contributed by atoms with Gasteiger partial charge in [-0.05, 0) is 31.4 Å². The molecule has 0 amide bonds. The van der Waals surface area contributed by atoms with Crippen LogP contribution in [0.3, 0.4) is 0 Å². The molecule has 4 rings (SSSR count). The zero-order chi connectivity index (χ0) is 26.3. The number of nitrogens with two attached hydrogens (primary N) is 1. The Hall–Kier alpha value is -3.44. The topological polar surface area (TPSA) is 122 Å². The van der Waals surface area contributed by atoms with E-state index in [1.54, 1.807) is 4.57 Å². The van der Waals surface area contributed by atoms with Gasteiger partial charge in [0.25, 0.3) is 11.1 Å². The summed E-state index contributed by atoms with van der Waals surface area (Å²) in [6.45, 7) is 6.26. The van der Waals surface area contributed by atoms with Crippen molar-refractivity contribution in [2.75, 3.05) is 11.5 Å². The molecule has 0 radical (unpaired) electrons. The molecule has 188 valence electrons. The maximum Gasteiger partial charge on any atom is 0.332 e. The van der Waals surface area contributed by atoms with Crippen molar-refractivity contribution in [3.8, 4) is 0 Å². The van der Waals surface area contributed by atoms with Gasteiger partial charge in [0.1, 0.15) is 16.2 Å². The lowest BCUT2D eigenvalue weighted by Gasteiger charge is -2.13. The van der Waals surface area contributed by atoms with E-state index in [1.165, 1.54) is 25.4 Å². The summed E-state index contributed by atoms with van der Waals surface area (Å²) in [6, 6.07) is 7.87. The second-order valence-electron chi connectivity index (χ2n) is 8.63. The highest BCUT2D eigenvalue weighted by Crippen LogP contribution is 2.30. The molecule has 0 unspecified atom stereocenters. The van der Waals surface area contributed by atoms with Crippen molar-refractivity contribution in [2.24, 2.45) is 14.1 Å². The van der Waals surface area contributed by atoms with Gasteiger partial charge in [-0.3, -0.25) is 28.1 Å². The summed E-state index contributed by atoms with van der Waals surface area (Å²) in [7, 11) is 2.70. The molecule has 0 fully saturated rings. The summed E-state index contributed by atoms with van der Waals surface area (Å²) in [5, 5.41) is 0.973.